The minimum Gasteiger partial charge on any atom is -0.331 e. The maximum absolute atomic E-state index is 11.5. The summed E-state index contributed by atoms with van der Waals surface area (Å²) in [6, 6.07) is 8.61. The minimum atomic E-state index is -0.765. The highest BCUT2D eigenvalue weighted by molar-refractivity contribution is 6.30. The Morgan fingerprint density at radius 3 is 2.68 bits per heavy atom. The van der Waals surface area contributed by atoms with Gasteiger partial charge in [0.05, 0.1) is 0 Å². The summed E-state index contributed by atoms with van der Waals surface area (Å²) in [5.74, 6) is 0. The van der Waals surface area contributed by atoms with Crippen LogP contribution in [0.25, 0.3) is 0 Å². The maximum Gasteiger partial charge on any atom is 0.364 e. The van der Waals surface area contributed by atoms with Crippen LogP contribution in [0.15, 0.2) is 59.0 Å². The molecular formula is C14H12ClN5O2. The zero-order chi connectivity index (χ0) is 15.8. The van der Waals surface area contributed by atoms with E-state index in [9.17, 15) is 9.59 Å². The van der Waals surface area contributed by atoms with Crippen molar-refractivity contribution in [3.63, 3.8) is 0 Å². The Morgan fingerprint density at radius 1 is 1.14 bits per heavy atom. The fourth-order valence-corrected chi connectivity index (χ4v) is 1.71. The number of rotatable bonds is 3. The van der Waals surface area contributed by atoms with E-state index in [2.05, 4.69) is 25.8 Å². The normalized spacial score (nSPS) is 10.4. The van der Waals surface area contributed by atoms with Gasteiger partial charge in [0.1, 0.15) is 0 Å². The van der Waals surface area contributed by atoms with Crippen LogP contribution in [0.1, 0.15) is 5.56 Å². The van der Waals surface area contributed by atoms with E-state index in [0.29, 0.717) is 10.7 Å². The highest BCUT2D eigenvalue weighted by Gasteiger charge is 2.03. The van der Waals surface area contributed by atoms with E-state index in [1.54, 1.807) is 48.8 Å². The molecule has 1 aromatic carbocycles. The molecule has 22 heavy (non-hydrogen) atoms. The maximum atomic E-state index is 11.5. The first-order chi connectivity index (χ1) is 10.6. The highest BCUT2D eigenvalue weighted by Crippen LogP contribution is 2.14. The van der Waals surface area contributed by atoms with Gasteiger partial charge in [-0.1, -0.05) is 34.0 Å². The number of nitrogens with zero attached hydrogens (tertiary/aromatic N) is 3. The topological polar surface area (TPSA) is 95.8 Å². The summed E-state index contributed by atoms with van der Waals surface area (Å²) >= 11 is 5.78. The number of urea groups is 2. The van der Waals surface area contributed by atoms with Gasteiger partial charge in [0.15, 0.2) is 0 Å². The third-order valence-corrected chi connectivity index (χ3v) is 2.71. The van der Waals surface area contributed by atoms with Crippen molar-refractivity contribution in [3.8, 4) is 0 Å². The first-order valence-corrected chi connectivity index (χ1v) is 6.66. The molecule has 0 aliphatic carbocycles. The molecule has 2 aromatic rings. The lowest BCUT2D eigenvalue weighted by Crippen LogP contribution is -2.19. The number of carbonyl (C=O) groups excluding carboxylic acids is 2. The van der Waals surface area contributed by atoms with E-state index in [4.69, 9.17) is 11.6 Å². The van der Waals surface area contributed by atoms with Gasteiger partial charge >= 0.3 is 12.1 Å². The Morgan fingerprint density at radius 2 is 1.95 bits per heavy atom. The Balaban J connectivity index is 1.80. The minimum absolute atomic E-state index is 0.252. The van der Waals surface area contributed by atoms with Gasteiger partial charge < -0.3 is 10.6 Å². The lowest BCUT2D eigenvalue weighted by molar-refractivity contribution is 0.244. The molecule has 0 unspecified atom stereocenters. The number of amides is 4. The molecule has 0 bridgehead atoms. The van der Waals surface area contributed by atoms with Gasteiger partial charge in [0.25, 0.3) is 0 Å². The summed E-state index contributed by atoms with van der Waals surface area (Å²) in [7, 11) is 0. The molecule has 0 radical (unpaired) electrons. The van der Waals surface area contributed by atoms with E-state index < -0.39 is 12.1 Å². The molecule has 0 saturated carbocycles. The predicted molar refractivity (Wildman–Crippen MR) is 81.8 cm³/mol. The summed E-state index contributed by atoms with van der Waals surface area (Å²) in [6.07, 6.45) is 3.24. The van der Waals surface area contributed by atoms with Gasteiger partial charge in [-0.3, -0.25) is 4.98 Å². The van der Waals surface area contributed by atoms with E-state index in [1.165, 1.54) is 0 Å². The smallest absolute Gasteiger partial charge is 0.331 e. The first kappa shape index (κ1) is 15.6. The number of pyridine rings is 1. The van der Waals surface area contributed by atoms with E-state index >= 15 is 0 Å². The van der Waals surface area contributed by atoms with E-state index in [-0.39, 0.29) is 6.54 Å². The van der Waals surface area contributed by atoms with Crippen LogP contribution in [0.2, 0.25) is 5.02 Å². The molecular weight excluding hydrogens is 306 g/mol. The second-order valence-corrected chi connectivity index (χ2v) is 4.60. The number of anilines is 1. The second-order valence-electron chi connectivity index (χ2n) is 4.16. The Kier molecular flexibility index (Phi) is 5.56. The molecule has 0 atom stereocenters. The predicted octanol–water partition coefficient (Wildman–Crippen LogP) is 3.63. The number of halogens is 1. The third-order valence-electron chi connectivity index (χ3n) is 2.47. The monoisotopic (exact) mass is 317 g/mol. The highest BCUT2D eigenvalue weighted by atomic mass is 35.5. The Labute approximate surface area is 131 Å². The Hall–Kier alpha value is -2.80. The van der Waals surface area contributed by atoms with Gasteiger partial charge in [-0.05, 0) is 29.8 Å². The zero-order valence-electron chi connectivity index (χ0n) is 11.4. The van der Waals surface area contributed by atoms with Crippen LogP contribution in [0, 0.1) is 0 Å². The summed E-state index contributed by atoms with van der Waals surface area (Å²) in [5.41, 5.74) is 1.28. The van der Waals surface area contributed by atoms with Crippen LogP contribution in [0.5, 0.6) is 0 Å². The van der Waals surface area contributed by atoms with Crippen LogP contribution in [-0.4, -0.2) is 17.0 Å². The van der Waals surface area contributed by atoms with Gasteiger partial charge in [-0.2, -0.15) is 0 Å². The standard InChI is InChI=1S/C14H12ClN5O2/c15-11-4-1-5-12(7-11)18-14(22)20-19-13(21)17-9-10-3-2-6-16-8-10/h1-8H,9H2,(H,17,21)(H,18,22)/b20-19+. The summed E-state index contributed by atoms with van der Waals surface area (Å²) < 4.78 is 0. The van der Waals surface area contributed by atoms with Crippen molar-refractivity contribution in [3.05, 3.63) is 59.4 Å². The largest absolute Gasteiger partial charge is 0.364 e. The van der Waals surface area contributed by atoms with Gasteiger partial charge in [-0.15, -0.1) is 0 Å². The van der Waals surface area contributed by atoms with Crippen molar-refractivity contribution >= 4 is 29.4 Å². The van der Waals surface area contributed by atoms with Gasteiger partial charge in [0, 0.05) is 29.6 Å². The molecule has 0 aliphatic rings. The third kappa shape index (κ3) is 5.29. The summed E-state index contributed by atoms with van der Waals surface area (Å²) in [5, 5.41) is 11.9. The van der Waals surface area contributed by atoms with Gasteiger partial charge in [0.2, 0.25) is 0 Å². The molecule has 2 rings (SSSR count). The number of azo groups is 1. The molecule has 2 N–H and O–H groups in total. The van der Waals surface area contributed by atoms with Crippen LogP contribution in [0.4, 0.5) is 15.3 Å². The molecule has 0 fully saturated rings. The average Bonchev–Trinajstić information content (AvgIpc) is 2.52. The van der Waals surface area contributed by atoms with E-state index in [1.807, 2.05) is 0 Å². The van der Waals surface area contributed by atoms with Crippen molar-refractivity contribution in [2.75, 3.05) is 5.32 Å². The summed E-state index contributed by atoms with van der Waals surface area (Å²) in [6.45, 7) is 0.252. The average molecular weight is 318 g/mol. The number of carbonyl (C=O) groups is 2. The number of benzene rings is 1. The SMILES string of the molecule is O=C(/N=N/C(=O)Nc1cccc(Cl)c1)NCc1cccnc1. The molecule has 8 heteroatoms. The van der Waals surface area contributed by atoms with Crippen LogP contribution < -0.4 is 10.6 Å². The molecule has 112 valence electrons. The quantitative estimate of drug-likeness (QED) is 0.846. The molecule has 7 nitrogen and oxygen atoms in total. The Bertz CT molecular complexity index is 691. The van der Waals surface area contributed by atoms with Crippen molar-refractivity contribution in [2.45, 2.75) is 6.54 Å². The first-order valence-electron chi connectivity index (χ1n) is 6.28. The number of hydrogen-bond donors (Lipinski definition) is 2. The van der Waals surface area contributed by atoms with Crippen molar-refractivity contribution in [1.29, 1.82) is 0 Å². The fourth-order valence-electron chi connectivity index (χ4n) is 1.52. The van der Waals surface area contributed by atoms with Crippen LogP contribution >= 0.6 is 11.6 Å². The lowest BCUT2D eigenvalue weighted by atomic mass is 10.3. The van der Waals surface area contributed by atoms with Crippen LogP contribution in [-0.2, 0) is 6.54 Å². The van der Waals surface area contributed by atoms with E-state index in [0.717, 1.165) is 5.56 Å². The number of aromatic nitrogens is 1. The molecule has 0 saturated heterocycles. The van der Waals surface area contributed by atoms with Gasteiger partial charge in [-0.25, -0.2) is 9.59 Å². The molecule has 4 amide bonds. The zero-order valence-corrected chi connectivity index (χ0v) is 12.1. The van der Waals surface area contributed by atoms with Crippen molar-refractivity contribution < 1.29 is 9.59 Å². The number of nitrogens with one attached hydrogen (secondary N) is 2. The number of hydrogen-bond acceptors (Lipinski definition) is 3. The molecule has 0 aliphatic heterocycles. The second kappa shape index (κ2) is 7.84. The molecule has 1 aromatic heterocycles. The van der Waals surface area contributed by atoms with Crippen molar-refractivity contribution in [1.82, 2.24) is 10.3 Å². The molecule has 1 heterocycles. The summed E-state index contributed by atoms with van der Waals surface area (Å²) in [4.78, 5) is 26.8. The van der Waals surface area contributed by atoms with Crippen LogP contribution in [0.3, 0.4) is 0 Å². The lowest BCUT2D eigenvalue weighted by Gasteiger charge is -2.01. The fraction of sp³-hybridized carbons (Fsp3) is 0.0714. The molecule has 0 spiro atoms. The van der Waals surface area contributed by atoms with Crippen molar-refractivity contribution in [2.24, 2.45) is 10.2 Å².